The summed E-state index contributed by atoms with van der Waals surface area (Å²) in [6.07, 6.45) is 0. The molecule has 0 atom stereocenters. The van der Waals surface area contributed by atoms with Crippen LogP contribution in [0.1, 0.15) is 0 Å². The zero-order valence-electron chi connectivity index (χ0n) is 5.54. The Labute approximate surface area is 60.3 Å². The van der Waals surface area contributed by atoms with Crippen LogP contribution in [0, 0.1) is 6.57 Å². The summed E-state index contributed by atoms with van der Waals surface area (Å²) in [6, 6.07) is 9.69. The molecule has 50 valence electrons. The Morgan fingerprint density at radius 2 is 2.00 bits per heavy atom. The Morgan fingerprint density at radius 1 is 1.30 bits per heavy atom. The molecule has 0 aliphatic carbocycles. The maximum absolute atomic E-state index is 6.51. The first-order valence-electron chi connectivity index (χ1n) is 3.05. The quantitative estimate of drug-likeness (QED) is 0.608. The van der Waals surface area contributed by atoms with Crippen LogP contribution in [-0.4, -0.2) is 6.67 Å². The maximum atomic E-state index is 6.51. The zero-order chi connectivity index (χ0) is 7.23. The molecule has 1 aromatic rings. The predicted octanol–water partition coefficient (Wildman–Crippen LogP) is 1.98. The molecule has 0 spiro atoms. The van der Waals surface area contributed by atoms with Crippen molar-refractivity contribution >= 4 is 5.69 Å². The SMILES string of the molecule is [C-]#[N+]CNc1ccccc1. The maximum Gasteiger partial charge on any atom is 0.287 e. The average Bonchev–Trinajstić information content (AvgIpc) is 2.03. The monoisotopic (exact) mass is 132 g/mol. The van der Waals surface area contributed by atoms with Crippen molar-refractivity contribution in [1.82, 2.24) is 0 Å². The van der Waals surface area contributed by atoms with Gasteiger partial charge in [-0.15, -0.1) is 0 Å². The van der Waals surface area contributed by atoms with Crippen molar-refractivity contribution in [2.24, 2.45) is 0 Å². The van der Waals surface area contributed by atoms with Gasteiger partial charge in [-0.05, 0) is 12.1 Å². The van der Waals surface area contributed by atoms with Gasteiger partial charge in [0.15, 0.2) is 0 Å². The van der Waals surface area contributed by atoms with Crippen LogP contribution in [0.3, 0.4) is 0 Å². The standard InChI is InChI=1S/C8H8N2/c1-9-7-10-8-5-3-2-4-6-8/h2-6,10H,7H2. The van der Waals surface area contributed by atoms with Crippen LogP contribution < -0.4 is 5.32 Å². The van der Waals surface area contributed by atoms with Crippen LogP contribution in [0.2, 0.25) is 0 Å². The van der Waals surface area contributed by atoms with E-state index in [-0.39, 0.29) is 0 Å². The van der Waals surface area contributed by atoms with E-state index in [1.54, 1.807) is 0 Å². The van der Waals surface area contributed by atoms with E-state index < -0.39 is 0 Å². The molecule has 2 heteroatoms. The second-order valence-electron chi connectivity index (χ2n) is 1.86. The molecule has 0 bridgehead atoms. The van der Waals surface area contributed by atoms with Crippen LogP contribution in [0.25, 0.3) is 4.85 Å². The van der Waals surface area contributed by atoms with Gasteiger partial charge in [-0.1, -0.05) is 18.2 Å². The summed E-state index contributed by atoms with van der Waals surface area (Å²) in [5, 5.41) is 2.94. The number of anilines is 1. The van der Waals surface area contributed by atoms with Gasteiger partial charge in [-0.2, -0.15) is 0 Å². The largest absolute Gasteiger partial charge is 0.319 e. The molecule has 0 aliphatic rings. The van der Waals surface area contributed by atoms with Crippen molar-refractivity contribution in [2.45, 2.75) is 0 Å². The fourth-order valence-electron chi connectivity index (χ4n) is 0.687. The highest BCUT2D eigenvalue weighted by Gasteiger charge is 1.86. The second-order valence-corrected chi connectivity index (χ2v) is 1.86. The molecule has 1 aromatic carbocycles. The number of nitrogens with zero attached hydrogens (tertiary/aromatic N) is 1. The van der Waals surface area contributed by atoms with E-state index in [0.717, 1.165) is 5.69 Å². The number of hydrogen-bond acceptors (Lipinski definition) is 1. The van der Waals surface area contributed by atoms with E-state index in [1.807, 2.05) is 30.3 Å². The van der Waals surface area contributed by atoms with Gasteiger partial charge < -0.3 is 5.32 Å². The molecule has 0 fully saturated rings. The summed E-state index contributed by atoms with van der Waals surface area (Å²) < 4.78 is 0. The van der Waals surface area contributed by atoms with Gasteiger partial charge in [-0.3, -0.25) is 4.85 Å². The third kappa shape index (κ3) is 1.79. The third-order valence-electron chi connectivity index (χ3n) is 1.14. The molecule has 1 N–H and O–H groups in total. The minimum Gasteiger partial charge on any atom is -0.319 e. The van der Waals surface area contributed by atoms with Crippen molar-refractivity contribution in [1.29, 1.82) is 0 Å². The molecule has 0 saturated heterocycles. The van der Waals surface area contributed by atoms with Gasteiger partial charge in [0, 0.05) is 5.69 Å². The molecular weight excluding hydrogens is 124 g/mol. The first-order chi connectivity index (χ1) is 4.93. The first kappa shape index (κ1) is 6.63. The Kier molecular flexibility index (Phi) is 2.33. The summed E-state index contributed by atoms with van der Waals surface area (Å²) in [5.41, 5.74) is 0.999. The Hall–Kier alpha value is -1.49. The first-order valence-corrected chi connectivity index (χ1v) is 3.05. The smallest absolute Gasteiger partial charge is 0.287 e. The molecule has 0 heterocycles. The Morgan fingerprint density at radius 3 is 2.60 bits per heavy atom. The number of para-hydroxylation sites is 1. The highest BCUT2D eigenvalue weighted by Crippen LogP contribution is 2.03. The summed E-state index contributed by atoms with van der Waals surface area (Å²) in [7, 11) is 0. The van der Waals surface area contributed by atoms with Crippen molar-refractivity contribution < 1.29 is 0 Å². The average molecular weight is 132 g/mol. The minimum absolute atomic E-state index is 0.351. The van der Waals surface area contributed by atoms with Gasteiger partial charge in [-0.25, -0.2) is 6.57 Å². The van der Waals surface area contributed by atoms with Gasteiger partial charge in [0.2, 0.25) is 0 Å². The molecule has 0 amide bonds. The lowest BCUT2D eigenvalue weighted by atomic mass is 10.3. The van der Waals surface area contributed by atoms with E-state index in [9.17, 15) is 0 Å². The summed E-state index contributed by atoms with van der Waals surface area (Å²) in [4.78, 5) is 3.17. The Balaban J connectivity index is 2.52. The van der Waals surface area contributed by atoms with E-state index >= 15 is 0 Å². The third-order valence-corrected chi connectivity index (χ3v) is 1.14. The van der Waals surface area contributed by atoms with E-state index in [0.29, 0.717) is 6.67 Å². The molecule has 1 rings (SSSR count). The lowest BCUT2D eigenvalue weighted by Crippen LogP contribution is -1.94. The van der Waals surface area contributed by atoms with Crippen LogP contribution in [0.4, 0.5) is 5.69 Å². The molecule has 0 unspecified atom stereocenters. The van der Waals surface area contributed by atoms with Gasteiger partial charge >= 0.3 is 0 Å². The topological polar surface area (TPSA) is 16.4 Å². The number of nitrogens with one attached hydrogen (secondary N) is 1. The number of rotatable bonds is 2. The van der Waals surface area contributed by atoms with Crippen LogP contribution in [0.5, 0.6) is 0 Å². The van der Waals surface area contributed by atoms with Gasteiger partial charge in [0.25, 0.3) is 6.67 Å². The molecule has 10 heavy (non-hydrogen) atoms. The van der Waals surface area contributed by atoms with Crippen molar-refractivity contribution in [2.75, 3.05) is 12.0 Å². The lowest BCUT2D eigenvalue weighted by molar-refractivity contribution is 1.33. The normalized spacial score (nSPS) is 8.30. The van der Waals surface area contributed by atoms with Gasteiger partial charge in [0.1, 0.15) is 0 Å². The fourth-order valence-corrected chi connectivity index (χ4v) is 0.687. The molecule has 0 saturated carbocycles. The highest BCUT2D eigenvalue weighted by atomic mass is 15.0. The van der Waals surface area contributed by atoms with Crippen LogP contribution >= 0.6 is 0 Å². The minimum atomic E-state index is 0.351. The van der Waals surface area contributed by atoms with E-state index in [4.69, 9.17) is 6.57 Å². The summed E-state index contributed by atoms with van der Waals surface area (Å²) in [6.45, 7) is 6.87. The highest BCUT2D eigenvalue weighted by molar-refractivity contribution is 5.42. The Bertz CT molecular complexity index is 223. The summed E-state index contributed by atoms with van der Waals surface area (Å²) in [5.74, 6) is 0. The fraction of sp³-hybridized carbons (Fsp3) is 0.125. The molecule has 0 aliphatic heterocycles. The van der Waals surface area contributed by atoms with Crippen molar-refractivity contribution in [3.63, 3.8) is 0 Å². The van der Waals surface area contributed by atoms with Gasteiger partial charge in [0.05, 0.1) is 0 Å². The molecule has 0 aromatic heterocycles. The van der Waals surface area contributed by atoms with E-state index in [2.05, 4.69) is 10.2 Å². The summed E-state index contributed by atoms with van der Waals surface area (Å²) >= 11 is 0. The predicted molar refractivity (Wildman–Crippen MR) is 41.5 cm³/mol. The zero-order valence-corrected chi connectivity index (χ0v) is 5.54. The van der Waals surface area contributed by atoms with Crippen LogP contribution in [-0.2, 0) is 0 Å². The van der Waals surface area contributed by atoms with E-state index in [1.165, 1.54) is 0 Å². The molecule has 2 nitrogen and oxygen atoms in total. The van der Waals surface area contributed by atoms with Crippen LogP contribution in [0.15, 0.2) is 30.3 Å². The molecule has 0 radical (unpaired) electrons. The van der Waals surface area contributed by atoms with Crippen molar-refractivity contribution in [3.05, 3.63) is 41.7 Å². The van der Waals surface area contributed by atoms with Crippen molar-refractivity contribution in [3.8, 4) is 0 Å². The lowest BCUT2D eigenvalue weighted by Gasteiger charge is -1.95. The number of hydrogen-bond donors (Lipinski definition) is 1. The number of benzene rings is 1. The molecular formula is C8H8N2. The second kappa shape index (κ2) is 3.52.